The monoisotopic (exact) mass is 1240 g/mol. The fourth-order valence-electron chi connectivity index (χ4n) is 5.84. The number of hydrogen-bond donors (Lipinski definition) is 5. The largest absolute Gasteiger partial charge is 1.00 e. The predicted molar refractivity (Wildman–Crippen MR) is 352 cm³/mol. The molecule has 2 amide bonds. The van der Waals surface area contributed by atoms with Gasteiger partial charge in [-0.15, -0.1) is 0 Å². The smallest absolute Gasteiger partial charge is 0.748 e. The first-order valence-electron chi connectivity index (χ1n) is 28.7. The van der Waals surface area contributed by atoms with Gasteiger partial charge in [0.25, 0.3) is 0 Å². The van der Waals surface area contributed by atoms with Crippen molar-refractivity contribution >= 4 is 34.2 Å². The van der Waals surface area contributed by atoms with Crippen LogP contribution in [0.15, 0.2) is 0 Å². The minimum absolute atomic E-state index is 0. The fraction of sp³-hybridized carbons (Fsp3) is 0.934. The van der Waals surface area contributed by atoms with E-state index in [-0.39, 0.29) is 79.1 Å². The summed E-state index contributed by atoms with van der Waals surface area (Å²) in [7, 11) is 6.90. The van der Waals surface area contributed by atoms with Crippen molar-refractivity contribution in [3.05, 3.63) is 0 Å². The second-order valence-electron chi connectivity index (χ2n) is 18.6. The molecule has 0 spiro atoms. The van der Waals surface area contributed by atoms with Gasteiger partial charge in [-0.2, -0.15) is 0 Å². The van der Waals surface area contributed by atoms with Gasteiger partial charge in [0.2, 0.25) is 0 Å². The van der Waals surface area contributed by atoms with Gasteiger partial charge in [-0.05, 0) is 145 Å². The summed E-state index contributed by atoms with van der Waals surface area (Å²) in [6.45, 7) is 39.7. The van der Waals surface area contributed by atoms with Gasteiger partial charge in [-0.3, -0.25) is 14.5 Å². The minimum Gasteiger partial charge on any atom is -0.748 e. The van der Waals surface area contributed by atoms with E-state index in [9.17, 15) is 32.1 Å². The summed E-state index contributed by atoms with van der Waals surface area (Å²) in [6.07, 6.45) is 13.7. The Hall–Kier alpha value is -1.89. The molecule has 0 bridgehead atoms. The zero-order valence-electron chi connectivity index (χ0n) is 54.4. The van der Waals surface area contributed by atoms with Crippen molar-refractivity contribution in [2.24, 2.45) is 10.8 Å². The number of nitrogens with zero attached hydrogens (tertiary/aromatic N) is 3. The van der Waals surface area contributed by atoms with Crippen LogP contribution in [0.1, 0.15) is 231 Å². The number of amides is 2. The van der Waals surface area contributed by atoms with Crippen molar-refractivity contribution in [1.29, 1.82) is 0 Å². The number of carbonyl (C=O) groups is 4. The molecule has 0 aromatic rings. The standard InChI is InChI=1S/C13H27N3O4.C8H16O2.C7H17N.C7H14O2.C6H16N2O3S.C6H14O.C5H12O.C4H10O.5CH4.Na/c1-4-7-16(8-5-2)9-10-20-13(18)15-11-14-12(17)19-6-3;1-4-8(5-2,6-3)7(9)10;1-4-6-8(3)7-5-2;1-4-7(3,5-2)6(8)9;1-7-3-4-8(2)5-6-12(9,10)11;1-3-4-5-6-7-2;1-4-5(2)6-3;1-3-4-5-2;;;;;;/h4-11H2,1-3H3,(H,14,17)(H,15,18);4-6H2,1-3H3,(H,9,10);4-7H2,1-3H3;4-5H2,1-3H3,(H,8,9);7H,3-6H2,1-2H3,(H,9,10,11);3-6H2,1-2H3;5H,4H2,1-3H3;3-4H2,1-2H3;5*1H4;/q;;;;;;;;;;;;;+1/p-1. The average Bonchev–Trinajstić information content (AvgIpc) is 3.39. The van der Waals surface area contributed by atoms with E-state index in [1.807, 2.05) is 41.7 Å². The van der Waals surface area contributed by atoms with Crippen LogP contribution >= 0.6 is 0 Å². The number of nitrogens with one attached hydrogen (secondary N) is 3. The molecule has 0 aromatic carbocycles. The predicted octanol–water partition coefficient (Wildman–Crippen LogP) is 10.6. The third-order valence-corrected chi connectivity index (χ3v) is 12.7. The number of rotatable bonds is 35. The Morgan fingerprint density at radius 1 is 0.566 bits per heavy atom. The molecule has 0 heterocycles. The first-order chi connectivity index (χ1) is 36.2. The van der Waals surface area contributed by atoms with Crippen molar-refractivity contribution in [2.75, 3.05) is 134 Å². The van der Waals surface area contributed by atoms with Crippen LogP contribution in [-0.4, -0.2) is 202 Å². The maximum Gasteiger partial charge on any atom is 1.00 e. The van der Waals surface area contributed by atoms with Crippen LogP contribution in [0.4, 0.5) is 9.59 Å². The number of carboxylic acids is 2. The number of carboxylic acid groups (broad SMARTS) is 2. The number of hydrogen-bond acceptors (Lipinski definition) is 16. The summed E-state index contributed by atoms with van der Waals surface area (Å²) in [5.41, 5.74) is -0.958. The second-order valence-corrected chi connectivity index (χ2v) is 20.1. The summed E-state index contributed by atoms with van der Waals surface area (Å²) >= 11 is 0. The van der Waals surface area contributed by atoms with Crippen LogP contribution in [-0.2, 0) is 43.4 Å². The van der Waals surface area contributed by atoms with Crippen molar-refractivity contribution in [2.45, 2.75) is 237 Å². The quantitative estimate of drug-likeness (QED) is 0.0171. The summed E-state index contributed by atoms with van der Waals surface area (Å²) in [4.78, 5) is 49.9. The third-order valence-electron chi connectivity index (χ3n) is 12.0. The molecule has 20 nitrogen and oxygen atoms in total. The van der Waals surface area contributed by atoms with Crippen LogP contribution in [0.5, 0.6) is 0 Å². The molecule has 0 aromatic heterocycles. The molecule has 0 aliphatic carbocycles. The maximum atomic E-state index is 11.3. The molecule has 0 saturated carbocycles. The molecular formula is C61H145N6NaO14S. The molecule has 0 rings (SSSR count). The Balaban J connectivity index is -0.0000000561. The molecule has 0 radical (unpaired) electrons. The summed E-state index contributed by atoms with van der Waals surface area (Å²) in [6, 6.07) is 0. The molecule has 510 valence electrons. The number of carbonyl (C=O) groups excluding carboxylic acids is 2. The zero-order chi connectivity index (χ0) is 61.6. The van der Waals surface area contributed by atoms with Crippen molar-refractivity contribution in [1.82, 2.24) is 30.7 Å². The Kier molecular flexibility index (Phi) is 121. The molecule has 83 heavy (non-hydrogen) atoms. The second kappa shape index (κ2) is 86.5. The molecule has 0 aliphatic heterocycles. The van der Waals surface area contributed by atoms with E-state index in [0.29, 0.717) is 38.7 Å². The van der Waals surface area contributed by atoms with E-state index < -0.39 is 45.1 Å². The number of likely N-dealkylation sites (N-methyl/N-ethyl adjacent to an activating group) is 2. The number of unbranched alkanes of at least 4 members (excludes halogenated alkanes) is 2. The van der Waals surface area contributed by atoms with Gasteiger partial charge in [0.15, 0.2) is 0 Å². The van der Waals surface area contributed by atoms with Gasteiger partial charge in [0.1, 0.15) is 6.61 Å². The van der Waals surface area contributed by atoms with E-state index in [1.165, 1.54) is 45.2 Å². The molecule has 0 aliphatic rings. The molecule has 1 atom stereocenters. The van der Waals surface area contributed by atoms with Crippen LogP contribution in [0.2, 0.25) is 0 Å². The van der Waals surface area contributed by atoms with Gasteiger partial charge in [-0.1, -0.05) is 133 Å². The van der Waals surface area contributed by atoms with Crippen LogP contribution in [0.25, 0.3) is 0 Å². The van der Waals surface area contributed by atoms with E-state index in [4.69, 9.17) is 29.2 Å². The van der Waals surface area contributed by atoms with Crippen LogP contribution in [0.3, 0.4) is 0 Å². The SMILES string of the molecule is C.C.C.C.C.CCC(C)(CC)C(=O)O.CCC(C)OC.CCC(CC)(CC)C(=O)O.CCCCCOC.CCCN(C)CCC.CCCN(CCC)CCOC(=O)NCNC(=O)OCC.CCCOC.CNCCN(C)CCS(=O)(=O)[O-].[Na+]. The molecule has 22 heteroatoms. The van der Waals surface area contributed by atoms with Gasteiger partial charge in [0.05, 0.1) is 46.1 Å². The van der Waals surface area contributed by atoms with E-state index in [0.717, 1.165) is 90.9 Å². The van der Waals surface area contributed by atoms with E-state index >= 15 is 0 Å². The Morgan fingerprint density at radius 2 is 0.988 bits per heavy atom. The van der Waals surface area contributed by atoms with Gasteiger partial charge >= 0.3 is 53.7 Å². The summed E-state index contributed by atoms with van der Waals surface area (Å²) in [5, 5.41) is 25.2. The molecule has 0 saturated heterocycles. The van der Waals surface area contributed by atoms with Crippen molar-refractivity contribution in [3.63, 3.8) is 0 Å². The molecule has 5 N–H and O–H groups in total. The Morgan fingerprint density at radius 3 is 1.23 bits per heavy atom. The number of ether oxygens (including phenoxy) is 5. The van der Waals surface area contributed by atoms with Crippen LogP contribution < -0.4 is 45.5 Å². The molecule has 0 fully saturated rings. The van der Waals surface area contributed by atoms with Crippen molar-refractivity contribution in [3.8, 4) is 0 Å². The van der Waals surface area contributed by atoms with Crippen molar-refractivity contribution < 1.29 is 95.6 Å². The minimum atomic E-state index is -4.06. The topological polar surface area (TPSA) is 258 Å². The first kappa shape index (κ1) is 116. The molecular weight excluding hydrogens is 1100 g/mol. The van der Waals surface area contributed by atoms with E-state index in [2.05, 4.69) is 92.9 Å². The number of aliphatic carboxylic acids is 2. The van der Waals surface area contributed by atoms with Gasteiger partial charge in [-0.25, -0.2) is 18.0 Å². The fourth-order valence-corrected chi connectivity index (χ4v) is 6.37. The maximum absolute atomic E-state index is 11.3. The first-order valence-corrected chi connectivity index (χ1v) is 30.3. The zero-order valence-corrected chi connectivity index (χ0v) is 57.2. The van der Waals surface area contributed by atoms with Gasteiger partial charge < -0.3 is 64.2 Å². The number of alkyl carbamates (subject to hydrolysis) is 2. The Labute approximate surface area is 538 Å². The van der Waals surface area contributed by atoms with Crippen LogP contribution in [0, 0.1) is 10.8 Å². The number of methoxy groups -OCH3 is 3. The van der Waals surface area contributed by atoms with Gasteiger partial charge in [0, 0.05) is 60.7 Å². The summed E-state index contributed by atoms with van der Waals surface area (Å²) in [5.74, 6) is -1.65. The van der Waals surface area contributed by atoms with E-state index in [1.54, 1.807) is 47.1 Å². The average molecular weight is 1240 g/mol. The normalized spacial score (nSPS) is 10.2. The Bertz CT molecular complexity index is 1330. The summed E-state index contributed by atoms with van der Waals surface area (Å²) < 4.78 is 54.7. The third kappa shape index (κ3) is 94.0. The molecule has 1 unspecified atom stereocenters.